The van der Waals surface area contributed by atoms with Crippen LogP contribution >= 0.6 is 11.6 Å². The van der Waals surface area contributed by atoms with Gasteiger partial charge in [0.2, 0.25) is 0 Å². The molecule has 7 nitrogen and oxygen atoms in total. The molecule has 3 rings (SSSR count). The maximum atomic E-state index is 11.8. The lowest BCUT2D eigenvalue weighted by Gasteiger charge is -2.04. The maximum Gasteiger partial charge on any atom is 0.339 e. The molecular weight excluding hydrogens is 382 g/mol. The van der Waals surface area contributed by atoms with E-state index >= 15 is 0 Å². The molecule has 0 unspecified atom stereocenters. The van der Waals surface area contributed by atoms with Crippen molar-refractivity contribution in [3.05, 3.63) is 77.0 Å². The van der Waals surface area contributed by atoms with Crippen molar-refractivity contribution < 1.29 is 18.7 Å². The number of para-hydroxylation sites is 1. The number of hydrogen-bond acceptors (Lipinski definition) is 5. The lowest BCUT2D eigenvalue weighted by Crippen LogP contribution is -2.24. The SMILES string of the molecule is COC(=O)c1ccc(-c2ccc(/C=N\NC(=O)Nc3ccccc3)o2)cc1Cl. The van der Waals surface area contributed by atoms with Crippen LogP contribution < -0.4 is 10.7 Å². The zero-order valence-corrected chi connectivity index (χ0v) is 15.6. The van der Waals surface area contributed by atoms with E-state index in [1.807, 2.05) is 18.2 Å². The standard InChI is InChI=1S/C20H16ClN3O4/c1-27-19(25)16-9-7-13(11-17(16)21)18-10-8-15(28-18)12-22-24-20(26)23-14-5-3-2-4-6-14/h2-12H,1H3,(H2,23,24,26)/b22-12-. The van der Waals surface area contributed by atoms with Crippen LogP contribution in [0.3, 0.4) is 0 Å². The number of nitrogens with zero attached hydrogens (tertiary/aromatic N) is 1. The van der Waals surface area contributed by atoms with Gasteiger partial charge in [-0.3, -0.25) is 0 Å². The fourth-order valence-corrected chi connectivity index (χ4v) is 2.61. The molecule has 2 amide bonds. The van der Waals surface area contributed by atoms with E-state index in [4.69, 9.17) is 16.0 Å². The van der Waals surface area contributed by atoms with Gasteiger partial charge in [0.15, 0.2) is 0 Å². The Balaban J connectivity index is 1.62. The van der Waals surface area contributed by atoms with Gasteiger partial charge >= 0.3 is 12.0 Å². The second kappa shape index (κ2) is 8.88. The highest BCUT2D eigenvalue weighted by Crippen LogP contribution is 2.27. The molecule has 28 heavy (non-hydrogen) atoms. The number of halogens is 1. The number of amides is 2. The first kappa shape index (κ1) is 19.2. The van der Waals surface area contributed by atoms with E-state index < -0.39 is 12.0 Å². The molecule has 0 saturated heterocycles. The van der Waals surface area contributed by atoms with Gasteiger partial charge in [0.1, 0.15) is 11.5 Å². The zero-order chi connectivity index (χ0) is 19.9. The third kappa shape index (κ3) is 4.77. The first-order chi connectivity index (χ1) is 13.6. The summed E-state index contributed by atoms with van der Waals surface area (Å²) >= 11 is 6.12. The van der Waals surface area contributed by atoms with Gasteiger partial charge in [0.25, 0.3) is 0 Å². The third-order valence-electron chi connectivity index (χ3n) is 3.68. The maximum absolute atomic E-state index is 11.8. The Bertz CT molecular complexity index is 1020. The first-order valence-corrected chi connectivity index (χ1v) is 8.58. The Morgan fingerprint density at radius 1 is 1.11 bits per heavy atom. The second-order valence-corrected chi connectivity index (χ2v) is 5.99. The van der Waals surface area contributed by atoms with Gasteiger partial charge in [-0.05, 0) is 36.4 Å². The summed E-state index contributed by atoms with van der Waals surface area (Å²) in [4.78, 5) is 23.3. The van der Waals surface area contributed by atoms with E-state index in [1.165, 1.54) is 13.3 Å². The fourth-order valence-electron chi connectivity index (χ4n) is 2.36. The van der Waals surface area contributed by atoms with Crippen molar-refractivity contribution in [2.45, 2.75) is 0 Å². The predicted octanol–water partition coefficient (Wildman–Crippen LogP) is 4.54. The van der Waals surface area contributed by atoms with Crippen LogP contribution in [0.2, 0.25) is 5.02 Å². The molecule has 0 aliphatic carbocycles. The average Bonchev–Trinajstić information content (AvgIpc) is 3.17. The quantitative estimate of drug-likeness (QED) is 0.375. The van der Waals surface area contributed by atoms with Crippen LogP contribution in [0, 0.1) is 0 Å². The number of esters is 1. The Morgan fingerprint density at radius 2 is 1.89 bits per heavy atom. The minimum absolute atomic E-state index is 0.259. The predicted molar refractivity (Wildman–Crippen MR) is 107 cm³/mol. The number of hydrogen-bond donors (Lipinski definition) is 2. The van der Waals surface area contributed by atoms with E-state index in [1.54, 1.807) is 42.5 Å². The smallest absolute Gasteiger partial charge is 0.339 e. The Morgan fingerprint density at radius 3 is 2.61 bits per heavy atom. The molecule has 0 aliphatic rings. The molecule has 2 aromatic carbocycles. The molecule has 1 heterocycles. The van der Waals surface area contributed by atoms with E-state index in [0.29, 0.717) is 22.8 Å². The summed E-state index contributed by atoms with van der Waals surface area (Å²) < 4.78 is 10.3. The molecule has 0 spiro atoms. The number of nitrogens with one attached hydrogen (secondary N) is 2. The van der Waals surface area contributed by atoms with Crippen molar-refractivity contribution in [2.75, 3.05) is 12.4 Å². The van der Waals surface area contributed by atoms with Crippen LogP contribution in [-0.4, -0.2) is 25.3 Å². The molecule has 0 fully saturated rings. The number of carbonyl (C=O) groups is 2. The van der Waals surface area contributed by atoms with Gasteiger partial charge in [-0.15, -0.1) is 0 Å². The number of carbonyl (C=O) groups excluding carboxylic acids is 2. The number of ether oxygens (including phenoxy) is 1. The lowest BCUT2D eigenvalue weighted by molar-refractivity contribution is 0.0601. The summed E-state index contributed by atoms with van der Waals surface area (Å²) in [6.07, 6.45) is 1.37. The summed E-state index contributed by atoms with van der Waals surface area (Å²) in [5.41, 5.74) is 3.97. The van der Waals surface area contributed by atoms with Gasteiger partial charge in [-0.1, -0.05) is 35.9 Å². The highest BCUT2D eigenvalue weighted by atomic mass is 35.5. The monoisotopic (exact) mass is 397 g/mol. The summed E-state index contributed by atoms with van der Waals surface area (Å²) in [6.45, 7) is 0. The van der Waals surface area contributed by atoms with Crippen molar-refractivity contribution in [3.63, 3.8) is 0 Å². The Kier molecular flexibility index (Phi) is 6.08. The number of benzene rings is 2. The van der Waals surface area contributed by atoms with Gasteiger partial charge in [-0.25, -0.2) is 15.0 Å². The number of rotatable bonds is 5. The number of methoxy groups -OCH3 is 1. The summed E-state index contributed by atoms with van der Waals surface area (Å²) in [6, 6.07) is 16.8. The summed E-state index contributed by atoms with van der Waals surface area (Å²) in [5.74, 6) is 0.459. The summed E-state index contributed by atoms with van der Waals surface area (Å²) in [5, 5.41) is 6.74. The number of urea groups is 1. The molecule has 3 aromatic rings. The second-order valence-electron chi connectivity index (χ2n) is 5.58. The summed E-state index contributed by atoms with van der Waals surface area (Å²) in [7, 11) is 1.29. The minimum Gasteiger partial charge on any atom is -0.465 e. The number of anilines is 1. The van der Waals surface area contributed by atoms with Crippen LogP contribution in [0.4, 0.5) is 10.5 Å². The van der Waals surface area contributed by atoms with E-state index in [0.717, 1.165) is 0 Å². The average molecular weight is 398 g/mol. The largest absolute Gasteiger partial charge is 0.465 e. The molecular formula is C20H16ClN3O4. The van der Waals surface area contributed by atoms with Crippen molar-refractivity contribution in [3.8, 4) is 11.3 Å². The lowest BCUT2D eigenvalue weighted by atomic mass is 10.1. The zero-order valence-electron chi connectivity index (χ0n) is 14.8. The van der Waals surface area contributed by atoms with Crippen LogP contribution in [0.5, 0.6) is 0 Å². The van der Waals surface area contributed by atoms with Gasteiger partial charge in [0, 0.05) is 11.3 Å². The topological polar surface area (TPSA) is 92.9 Å². The van der Waals surface area contributed by atoms with Crippen molar-refractivity contribution in [1.82, 2.24) is 5.43 Å². The number of hydrazone groups is 1. The minimum atomic E-state index is -0.510. The van der Waals surface area contributed by atoms with E-state index in [-0.39, 0.29) is 10.6 Å². The molecule has 0 radical (unpaired) electrons. The Hall–Kier alpha value is -3.58. The molecule has 142 valence electrons. The van der Waals surface area contributed by atoms with Gasteiger partial charge in [0.05, 0.1) is 23.9 Å². The molecule has 0 aliphatic heterocycles. The first-order valence-electron chi connectivity index (χ1n) is 8.20. The highest BCUT2D eigenvalue weighted by Gasteiger charge is 2.13. The molecule has 0 saturated carbocycles. The van der Waals surface area contributed by atoms with E-state index in [9.17, 15) is 9.59 Å². The van der Waals surface area contributed by atoms with Crippen LogP contribution in [0.25, 0.3) is 11.3 Å². The van der Waals surface area contributed by atoms with Crippen molar-refractivity contribution in [2.24, 2.45) is 5.10 Å². The van der Waals surface area contributed by atoms with Crippen LogP contribution in [0.15, 0.2) is 70.2 Å². The molecule has 0 bridgehead atoms. The molecule has 2 N–H and O–H groups in total. The third-order valence-corrected chi connectivity index (χ3v) is 3.99. The van der Waals surface area contributed by atoms with Crippen LogP contribution in [-0.2, 0) is 4.74 Å². The normalized spacial score (nSPS) is 10.6. The van der Waals surface area contributed by atoms with Gasteiger partial charge in [-0.2, -0.15) is 5.10 Å². The highest BCUT2D eigenvalue weighted by molar-refractivity contribution is 6.33. The van der Waals surface area contributed by atoms with E-state index in [2.05, 4.69) is 20.6 Å². The van der Waals surface area contributed by atoms with Gasteiger partial charge < -0.3 is 14.5 Å². The molecule has 0 atom stereocenters. The Labute approximate surface area is 166 Å². The van der Waals surface area contributed by atoms with Crippen LogP contribution in [0.1, 0.15) is 16.1 Å². The number of furan rings is 1. The van der Waals surface area contributed by atoms with Crippen molar-refractivity contribution in [1.29, 1.82) is 0 Å². The molecule has 8 heteroatoms. The fraction of sp³-hybridized carbons (Fsp3) is 0.0500. The molecule has 1 aromatic heterocycles. The van der Waals surface area contributed by atoms with Crippen molar-refractivity contribution >= 4 is 35.5 Å².